The van der Waals surface area contributed by atoms with E-state index in [2.05, 4.69) is 15.9 Å². The standard InChI is InChI=1S/C19H16BrClN2O4/c1-12-8-15(18(25)16(20)9-12)19(26)27-11-17(24)23(7-3-6-22)14-5-2-4-13(21)10-14/h2,4-5,8-10,25H,3,7,11H2,1H3. The number of esters is 1. The van der Waals surface area contributed by atoms with Gasteiger partial charge in [0.1, 0.15) is 11.3 Å². The highest BCUT2D eigenvalue weighted by atomic mass is 79.9. The Kier molecular flexibility index (Phi) is 7.22. The summed E-state index contributed by atoms with van der Waals surface area (Å²) in [5.41, 5.74) is 1.20. The maximum Gasteiger partial charge on any atom is 0.342 e. The third-order valence-corrected chi connectivity index (χ3v) is 4.46. The Balaban J connectivity index is 2.14. The fourth-order valence-corrected chi connectivity index (χ4v) is 3.14. The number of ether oxygens (including phenoxy) is 1. The van der Waals surface area contributed by atoms with E-state index < -0.39 is 18.5 Å². The summed E-state index contributed by atoms with van der Waals surface area (Å²) in [6.45, 7) is 1.35. The number of nitriles is 1. The number of halogens is 2. The molecule has 0 unspecified atom stereocenters. The summed E-state index contributed by atoms with van der Waals surface area (Å²) >= 11 is 9.12. The number of phenolic OH excluding ortho intramolecular Hbond substituents is 1. The van der Waals surface area contributed by atoms with E-state index in [9.17, 15) is 14.7 Å². The van der Waals surface area contributed by atoms with E-state index in [4.69, 9.17) is 21.6 Å². The number of carbonyl (C=O) groups is 2. The zero-order valence-electron chi connectivity index (χ0n) is 14.4. The topological polar surface area (TPSA) is 90.6 Å². The van der Waals surface area contributed by atoms with Gasteiger partial charge < -0.3 is 14.7 Å². The van der Waals surface area contributed by atoms with Crippen molar-refractivity contribution in [2.75, 3.05) is 18.1 Å². The Bertz CT molecular complexity index is 911. The van der Waals surface area contributed by atoms with E-state index in [1.807, 2.05) is 6.07 Å². The van der Waals surface area contributed by atoms with E-state index in [1.165, 1.54) is 11.0 Å². The number of rotatable bonds is 6. The van der Waals surface area contributed by atoms with Gasteiger partial charge in [-0.3, -0.25) is 4.79 Å². The molecule has 0 aliphatic heterocycles. The second-order valence-electron chi connectivity index (χ2n) is 5.65. The predicted molar refractivity (Wildman–Crippen MR) is 105 cm³/mol. The summed E-state index contributed by atoms with van der Waals surface area (Å²) in [4.78, 5) is 26.1. The van der Waals surface area contributed by atoms with Crippen molar-refractivity contribution in [2.45, 2.75) is 13.3 Å². The molecule has 2 rings (SSSR count). The Morgan fingerprint density at radius 2 is 2.07 bits per heavy atom. The lowest BCUT2D eigenvalue weighted by Crippen LogP contribution is -2.35. The van der Waals surface area contributed by atoms with Gasteiger partial charge in [0, 0.05) is 17.3 Å². The molecule has 0 aliphatic carbocycles. The van der Waals surface area contributed by atoms with Crippen LogP contribution in [0, 0.1) is 18.3 Å². The predicted octanol–water partition coefficient (Wildman–Crippen LogP) is 4.22. The van der Waals surface area contributed by atoms with Gasteiger partial charge in [0.05, 0.1) is 17.0 Å². The monoisotopic (exact) mass is 450 g/mol. The van der Waals surface area contributed by atoms with Crippen molar-refractivity contribution in [3.8, 4) is 11.8 Å². The van der Waals surface area contributed by atoms with Crippen molar-refractivity contribution in [1.82, 2.24) is 0 Å². The molecule has 0 radical (unpaired) electrons. The van der Waals surface area contributed by atoms with Crippen LogP contribution in [0.2, 0.25) is 5.02 Å². The number of aryl methyl sites for hydroxylation is 1. The summed E-state index contributed by atoms with van der Waals surface area (Å²) in [7, 11) is 0. The minimum absolute atomic E-state index is 0.0407. The van der Waals surface area contributed by atoms with Crippen LogP contribution in [0.5, 0.6) is 5.75 Å². The smallest absolute Gasteiger partial charge is 0.342 e. The third kappa shape index (κ3) is 5.46. The van der Waals surface area contributed by atoms with E-state index in [1.54, 1.807) is 37.3 Å². The van der Waals surface area contributed by atoms with Crippen LogP contribution in [0.1, 0.15) is 22.3 Å². The molecule has 0 spiro atoms. The number of phenols is 1. The van der Waals surface area contributed by atoms with Crippen LogP contribution >= 0.6 is 27.5 Å². The van der Waals surface area contributed by atoms with Gasteiger partial charge in [-0.1, -0.05) is 17.7 Å². The van der Waals surface area contributed by atoms with Crippen LogP contribution in [-0.2, 0) is 9.53 Å². The van der Waals surface area contributed by atoms with Gasteiger partial charge >= 0.3 is 5.97 Å². The first-order chi connectivity index (χ1) is 12.8. The molecular weight excluding hydrogens is 436 g/mol. The van der Waals surface area contributed by atoms with E-state index in [0.717, 1.165) is 5.56 Å². The number of hydrogen-bond acceptors (Lipinski definition) is 5. The van der Waals surface area contributed by atoms with Crippen molar-refractivity contribution in [2.24, 2.45) is 0 Å². The number of benzene rings is 2. The minimum atomic E-state index is -0.823. The minimum Gasteiger partial charge on any atom is -0.506 e. The highest BCUT2D eigenvalue weighted by Gasteiger charge is 2.21. The maximum atomic E-state index is 12.5. The molecule has 140 valence electrons. The van der Waals surface area contributed by atoms with Crippen LogP contribution in [-0.4, -0.2) is 30.1 Å². The summed E-state index contributed by atoms with van der Waals surface area (Å²) in [6, 6.07) is 11.7. The number of aromatic hydroxyl groups is 1. The molecule has 27 heavy (non-hydrogen) atoms. The summed E-state index contributed by atoms with van der Waals surface area (Å²) < 4.78 is 5.42. The highest BCUT2D eigenvalue weighted by molar-refractivity contribution is 9.10. The molecule has 0 bridgehead atoms. The first kappa shape index (κ1) is 20.7. The number of anilines is 1. The van der Waals surface area contributed by atoms with Gasteiger partial charge in [0.2, 0.25) is 0 Å². The van der Waals surface area contributed by atoms with Crippen molar-refractivity contribution >= 4 is 45.1 Å². The average Bonchev–Trinajstić information content (AvgIpc) is 2.63. The quantitative estimate of drug-likeness (QED) is 0.664. The van der Waals surface area contributed by atoms with Gasteiger partial charge in [-0.15, -0.1) is 0 Å². The van der Waals surface area contributed by atoms with Crippen molar-refractivity contribution in [3.63, 3.8) is 0 Å². The van der Waals surface area contributed by atoms with Crippen LogP contribution < -0.4 is 4.90 Å². The van der Waals surface area contributed by atoms with Crippen LogP contribution in [0.3, 0.4) is 0 Å². The first-order valence-electron chi connectivity index (χ1n) is 7.92. The van der Waals surface area contributed by atoms with Gasteiger partial charge in [-0.2, -0.15) is 5.26 Å². The fraction of sp³-hybridized carbons (Fsp3) is 0.211. The molecule has 0 fully saturated rings. The highest BCUT2D eigenvalue weighted by Crippen LogP contribution is 2.30. The lowest BCUT2D eigenvalue weighted by atomic mass is 10.1. The van der Waals surface area contributed by atoms with Crippen molar-refractivity contribution < 1.29 is 19.4 Å². The fourth-order valence-electron chi connectivity index (χ4n) is 2.38. The van der Waals surface area contributed by atoms with Crippen LogP contribution in [0.15, 0.2) is 40.9 Å². The van der Waals surface area contributed by atoms with Crippen molar-refractivity contribution in [3.05, 3.63) is 57.0 Å². The van der Waals surface area contributed by atoms with Gasteiger partial charge in [0.25, 0.3) is 5.91 Å². The molecule has 6 nitrogen and oxygen atoms in total. The lowest BCUT2D eigenvalue weighted by molar-refractivity contribution is -0.121. The number of amides is 1. The summed E-state index contributed by atoms with van der Waals surface area (Å²) in [6.07, 6.45) is 0.109. The Labute approximate surface area is 170 Å². The van der Waals surface area contributed by atoms with Crippen molar-refractivity contribution in [1.29, 1.82) is 5.26 Å². The third-order valence-electron chi connectivity index (χ3n) is 3.62. The molecule has 1 N–H and O–H groups in total. The Hall–Kier alpha value is -2.56. The first-order valence-corrected chi connectivity index (χ1v) is 9.09. The summed E-state index contributed by atoms with van der Waals surface area (Å²) in [5, 5.41) is 19.3. The molecule has 0 saturated heterocycles. The zero-order valence-corrected chi connectivity index (χ0v) is 16.7. The molecule has 2 aromatic carbocycles. The Morgan fingerprint density at radius 3 is 2.74 bits per heavy atom. The summed E-state index contributed by atoms with van der Waals surface area (Å²) in [5.74, 6) is -1.59. The van der Waals surface area contributed by atoms with Gasteiger partial charge in [-0.05, 0) is 58.7 Å². The van der Waals surface area contributed by atoms with E-state index in [0.29, 0.717) is 15.2 Å². The molecule has 2 aromatic rings. The normalized spacial score (nSPS) is 10.1. The second-order valence-corrected chi connectivity index (χ2v) is 6.94. The number of nitrogens with zero attached hydrogens (tertiary/aromatic N) is 2. The second kappa shape index (κ2) is 9.40. The SMILES string of the molecule is Cc1cc(Br)c(O)c(C(=O)OCC(=O)N(CCC#N)c2cccc(Cl)c2)c1. The van der Waals surface area contributed by atoms with Gasteiger partial charge in [-0.25, -0.2) is 4.79 Å². The average molecular weight is 452 g/mol. The maximum absolute atomic E-state index is 12.5. The molecule has 1 amide bonds. The van der Waals surface area contributed by atoms with E-state index in [-0.39, 0.29) is 24.3 Å². The van der Waals surface area contributed by atoms with Crippen LogP contribution in [0.25, 0.3) is 0 Å². The van der Waals surface area contributed by atoms with Gasteiger partial charge in [0.15, 0.2) is 6.61 Å². The molecular formula is C19H16BrClN2O4. The number of hydrogen-bond donors (Lipinski definition) is 1. The molecule has 8 heteroatoms. The molecule has 0 aromatic heterocycles. The molecule has 0 atom stereocenters. The largest absolute Gasteiger partial charge is 0.506 e. The molecule has 0 aliphatic rings. The van der Waals surface area contributed by atoms with E-state index >= 15 is 0 Å². The molecule has 0 heterocycles. The molecule has 0 saturated carbocycles. The van der Waals surface area contributed by atoms with Crippen LogP contribution in [0.4, 0.5) is 5.69 Å². The lowest BCUT2D eigenvalue weighted by Gasteiger charge is -2.22. The Morgan fingerprint density at radius 1 is 1.33 bits per heavy atom. The zero-order chi connectivity index (χ0) is 20.0. The number of carbonyl (C=O) groups excluding carboxylic acids is 2.